The molecule has 36 heavy (non-hydrogen) atoms. The minimum absolute atomic E-state index is 0.261. The molecule has 0 saturated heterocycles. The number of amides is 1. The zero-order valence-electron chi connectivity index (χ0n) is 19.9. The quantitative estimate of drug-likeness (QED) is 0.360. The van der Waals surface area contributed by atoms with Gasteiger partial charge in [0, 0.05) is 33.6 Å². The number of aromatic nitrogens is 3. The number of carbonyl (C=O) groups is 1. The number of benzene rings is 3. The Morgan fingerprint density at radius 2 is 1.78 bits per heavy atom. The molecule has 1 aliphatic heterocycles. The monoisotopic (exact) mass is 501 g/mol. The third-order valence-electron chi connectivity index (χ3n) is 5.97. The maximum atomic E-state index is 13.7. The van der Waals surface area contributed by atoms with Gasteiger partial charge in [-0.3, -0.25) is 4.79 Å². The van der Waals surface area contributed by atoms with Crippen LogP contribution in [0.15, 0.2) is 84.1 Å². The fourth-order valence-corrected chi connectivity index (χ4v) is 4.34. The highest BCUT2D eigenvalue weighted by atomic mass is 35.5. The van der Waals surface area contributed by atoms with Crippen molar-refractivity contribution in [3.05, 3.63) is 94.7 Å². The average Bonchev–Trinajstić information content (AvgIpc) is 3.32. The second-order valence-corrected chi connectivity index (χ2v) is 8.64. The number of allylic oxidation sites excluding steroid dienone is 1. The van der Waals surface area contributed by atoms with Crippen LogP contribution in [0.2, 0.25) is 5.02 Å². The molecule has 1 aromatic heterocycles. The van der Waals surface area contributed by atoms with E-state index < -0.39 is 6.04 Å². The van der Waals surface area contributed by atoms with Crippen LogP contribution in [0.5, 0.6) is 11.5 Å². The Bertz CT molecular complexity index is 1450. The summed E-state index contributed by atoms with van der Waals surface area (Å²) < 4.78 is 12.8. The number of anilines is 2. The number of fused-ring (bicyclic) bond motifs is 1. The van der Waals surface area contributed by atoms with Crippen LogP contribution in [0.3, 0.4) is 0 Å². The number of para-hydroxylation sites is 1. The highest BCUT2D eigenvalue weighted by molar-refractivity contribution is 6.30. The van der Waals surface area contributed by atoms with Crippen molar-refractivity contribution < 1.29 is 14.3 Å². The Morgan fingerprint density at radius 1 is 1.03 bits per heavy atom. The van der Waals surface area contributed by atoms with E-state index in [1.165, 1.54) is 0 Å². The summed E-state index contributed by atoms with van der Waals surface area (Å²) in [7, 11) is 3.18. The molecule has 2 N–H and O–H groups in total. The number of methoxy groups -OCH3 is 2. The van der Waals surface area contributed by atoms with E-state index in [0.29, 0.717) is 45.3 Å². The van der Waals surface area contributed by atoms with Gasteiger partial charge in [-0.1, -0.05) is 29.8 Å². The normalized spacial score (nSPS) is 14.6. The summed E-state index contributed by atoms with van der Waals surface area (Å²) in [5.74, 6) is 1.96. The van der Waals surface area contributed by atoms with Crippen molar-refractivity contribution in [2.45, 2.75) is 13.0 Å². The lowest BCUT2D eigenvalue weighted by molar-refractivity contribution is -0.113. The van der Waals surface area contributed by atoms with Crippen molar-refractivity contribution >= 4 is 29.1 Å². The average molecular weight is 502 g/mol. The van der Waals surface area contributed by atoms with Crippen LogP contribution in [-0.2, 0) is 4.79 Å². The Labute approximate surface area is 213 Å². The van der Waals surface area contributed by atoms with Crippen molar-refractivity contribution in [3.63, 3.8) is 0 Å². The van der Waals surface area contributed by atoms with Gasteiger partial charge in [0.25, 0.3) is 5.91 Å². The zero-order valence-corrected chi connectivity index (χ0v) is 20.7. The lowest BCUT2D eigenvalue weighted by Gasteiger charge is -2.29. The predicted octanol–water partition coefficient (Wildman–Crippen LogP) is 5.54. The van der Waals surface area contributed by atoms with Crippen molar-refractivity contribution in [1.29, 1.82) is 0 Å². The highest BCUT2D eigenvalue weighted by Crippen LogP contribution is 2.41. The van der Waals surface area contributed by atoms with Gasteiger partial charge >= 0.3 is 0 Å². The smallest absolute Gasteiger partial charge is 0.255 e. The van der Waals surface area contributed by atoms with Crippen molar-refractivity contribution in [1.82, 2.24) is 14.8 Å². The summed E-state index contributed by atoms with van der Waals surface area (Å²) in [6.07, 6.45) is 0. The van der Waals surface area contributed by atoms with Gasteiger partial charge in [-0.15, -0.1) is 5.10 Å². The minimum atomic E-state index is -0.612. The number of carbonyl (C=O) groups excluding carboxylic acids is 1. The number of ether oxygens (including phenoxy) is 2. The second kappa shape index (κ2) is 9.75. The molecule has 0 saturated carbocycles. The molecule has 1 unspecified atom stereocenters. The fourth-order valence-electron chi connectivity index (χ4n) is 4.22. The Balaban J connectivity index is 1.65. The van der Waals surface area contributed by atoms with E-state index in [1.54, 1.807) is 37.1 Å². The summed E-state index contributed by atoms with van der Waals surface area (Å²) in [4.78, 5) is 18.4. The van der Waals surface area contributed by atoms with Gasteiger partial charge in [-0.05, 0) is 55.5 Å². The first kappa shape index (κ1) is 23.4. The SMILES string of the molecule is COc1ccc(C2C(C(=O)Nc3ccccc3)=C(C)Nc3nc(-c4ccc(Cl)cc4)nn32)c(OC)c1. The molecule has 0 aliphatic carbocycles. The molecule has 9 heteroatoms. The van der Waals surface area contributed by atoms with Crippen LogP contribution in [0.4, 0.5) is 11.6 Å². The van der Waals surface area contributed by atoms with Crippen LogP contribution in [0.25, 0.3) is 11.4 Å². The minimum Gasteiger partial charge on any atom is -0.497 e. The summed E-state index contributed by atoms with van der Waals surface area (Å²) in [5.41, 5.74) is 3.38. The van der Waals surface area contributed by atoms with E-state index in [9.17, 15) is 4.79 Å². The lowest BCUT2D eigenvalue weighted by Crippen LogP contribution is -2.31. The number of nitrogens with one attached hydrogen (secondary N) is 2. The number of nitrogens with zero attached hydrogens (tertiary/aromatic N) is 3. The first-order valence-electron chi connectivity index (χ1n) is 11.3. The summed E-state index contributed by atoms with van der Waals surface area (Å²) >= 11 is 6.07. The van der Waals surface area contributed by atoms with Gasteiger partial charge < -0.3 is 20.1 Å². The predicted molar refractivity (Wildman–Crippen MR) is 140 cm³/mol. The van der Waals surface area contributed by atoms with Gasteiger partial charge in [0.2, 0.25) is 5.95 Å². The number of halogens is 1. The van der Waals surface area contributed by atoms with Crippen molar-refractivity contribution in [2.24, 2.45) is 0 Å². The molecule has 0 spiro atoms. The lowest BCUT2D eigenvalue weighted by atomic mass is 9.94. The molecule has 1 atom stereocenters. The van der Waals surface area contributed by atoms with E-state index in [2.05, 4.69) is 10.6 Å². The second-order valence-electron chi connectivity index (χ2n) is 8.20. The standard InChI is InChI=1S/C27H24ClN5O3/c1-16-23(26(34)30-19-7-5-4-6-8-19)24(21-14-13-20(35-2)15-22(21)36-3)33-27(29-16)31-25(32-33)17-9-11-18(28)12-10-17/h4-15,24H,1-3H3,(H,30,34)(H,29,31,32). The molecule has 5 rings (SSSR count). The molecule has 1 aliphatic rings. The van der Waals surface area contributed by atoms with Gasteiger partial charge in [0.1, 0.15) is 17.5 Å². The van der Waals surface area contributed by atoms with Gasteiger partial charge in [0.05, 0.1) is 19.8 Å². The molecule has 0 fully saturated rings. The van der Waals surface area contributed by atoms with Crippen LogP contribution in [-0.4, -0.2) is 34.9 Å². The van der Waals surface area contributed by atoms with Crippen LogP contribution < -0.4 is 20.1 Å². The number of hydrogen-bond donors (Lipinski definition) is 2. The zero-order chi connectivity index (χ0) is 25.2. The molecule has 8 nitrogen and oxygen atoms in total. The van der Waals surface area contributed by atoms with Gasteiger partial charge in [-0.25, -0.2) is 4.68 Å². The van der Waals surface area contributed by atoms with Gasteiger partial charge in [-0.2, -0.15) is 4.98 Å². The fraction of sp³-hybridized carbons (Fsp3) is 0.148. The van der Waals surface area contributed by atoms with E-state index in [0.717, 1.165) is 11.1 Å². The summed E-state index contributed by atoms with van der Waals surface area (Å²) in [5, 5.41) is 11.7. The first-order chi connectivity index (χ1) is 17.5. The van der Waals surface area contributed by atoms with Crippen LogP contribution in [0, 0.1) is 0 Å². The largest absolute Gasteiger partial charge is 0.497 e. The van der Waals surface area contributed by atoms with Crippen molar-refractivity contribution in [2.75, 3.05) is 24.9 Å². The summed E-state index contributed by atoms with van der Waals surface area (Å²) in [6, 6.07) is 21.5. The maximum absolute atomic E-state index is 13.7. The Morgan fingerprint density at radius 3 is 2.47 bits per heavy atom. The van der Waals surface area contributed by atoms with E-state index in [4.69, 9.17) is 31.2 Å². The Hall–Kier alpha value is -4.30. The molecule has 2 heterocycles. The van der Waals surface area contributed by atoms with E-state index in [-0.39, 0.29) is 5.91 Å². The van der Waals surface area contributed by atoms with Crippen molar-refractivity contribution in [3.8, 4) is 22.9 Å². The maximum Gasteiger partial charge on any atom is 0.255 e. The highest BCUT2D eigenvalue weighted by Gasteiger charge is 2.36. The number of hydrogen-bond acceptors (Lipinski definition) is 6. The van der Waals surface area contributed by atoms with Crippen LogP contribution in [0.1, 0.15) is 18.5 Å². The summed E-state index contributed by atoms with van der Waals surface area (Å²) in [6.45, 7) is 1.85. The molecule has 4 aromatic rings. The third-order valence-corrected chi connectivity index (χ3v) is 6.22. The molecular formula is C27H24ClN5O3. The van der Waals surface area contributed by atoms with E-state index >= 15 is 0 Å². The van der Waals surface area contributed by atoms with Gasteiger partial charge in [0.15, 0.2) is 5.82 Å². The molecule has 0 bridgehead atoms. The van der Waals surface area contributed by atoms with E-state index in [1.807, 2.05) is 61.5 Å². The van der Waals surface area contributed by atoms with Crippen LogP contribution >= 0.6 is 11.6 Å². The number of rotatable bonds is 6. The molecule has 0 radical (unpaired) electrons. The molecule has 1 amide bonds. The molecular weight excluding hydrogens is 478 g/mol. The third kappa shape index (κ3) is 4.38. The first-order valence-corrected chi connectivity index (χ1v) is 11.6. The topological polar surface area (TPSA) is 90.3 Å². The Kier molecular flexibility index (Phi) is 6.35. The molecule has 182 valence electrons. The molecule has 3 aromatic carbocycles.